The van der Waals surface area contributed by atoms with Crippen LogP contribution in [0.3, 0.4) is 0 Å². The molecule has 0 bridgehead atoms. The molecule has 142 valence electrons. The van der Waals surface area contributed by atoms with Crippen molar-refractivity contribution >= 4 is 9.84 Å². The van der Waals surface area contributed by atoms with Crippen LogP contribution in [-0.2, 0) is 16.0 Å². The van der Waals surface area contributed by atoms with Crippen molar-refractivity contribution in [1.82, 2.24) is 9.78 Å². The summed E-state index contributed by atoms with van der Waals surface area (Å²) < 4.78 is 69.3. The summed E-state index contributed by atoms with van der Waals surface area (Å²) >= 11 is 0. The van der Waals surface area contributed by atoms with Gasteiger partial charge in [0.1, 0.15) is 11.4 Å². The van der Waals surface area contributed by atoms with E-state index >= 15 is 0 Å². The summed E-state index contributed by atoms with van der Waals surface area (Å²) in [5.41, 5.74) is -0.254. The van der Waals surface area contributed by atoms with Gasteiger partial charge in [-0.25, -0.2) is 13.1 Å². The predicted octanol–water partition coefficient (Wildman–Crippen LogP) is 3.97. The minimum absolute atomic E-state index is 0.0804. The highest BCUT2D eigenvalue weighted by atomic mass is 32.2. The van der Waals surface area contributed by atoms with Gasteiger partial charge in [-0.1, -0.05) is 12.1 Å². The molecule has 1 aromatic heterocycles. The Hall–Kier alpha value is -2.81. The summed E-state index contributed by atoms with van der Waals surface area (Å²) in [5.74, 6) is 0.510. The first-order valence-corrected chi connectivity index (χ1v) is 9.61. The quantitative estimate of drug-likeness (QED) is 0.670. The molecular formula is C18H15F3N2O3S. The van der Waals surface area contributed by atoms with E-state index in [0.717, 1.165) is 17.0 Å². The van der Waals surface area contributed by atoms with Crippen LogP contribution in [0.15, 0.2) is 59.5 Å². The molecule has 0 spiro atoms. The number of sulfone groups is 1. The second-order valence-electron chi connectivity index (χ2n) is 5.82. The molecule has 0 saturated carbocycles. The van der Waals surface area contributed by atoms with Crippen molar-refractivity contribution in [1.29, 1.82) is 0 Å². The maximum atomic E-state index is 13.5. The fraction of sp³-hybridized carbons (Fsp3) is 0.167. The zero-order valence-corrected chi connectivity index (χ0v) is 15.2. The van der Waals surface area contributed by atoms with Gasteiger partial charge in [0.25, 0.3) is 0 Å². The molecule has 0 radical (unpaired) electrons. The van der Waals surface area contributed by atoms with Gasteiger partial charge in [0.15, 0.2) is 9.84 Å². The summed E-state index contributed by atoms with van der Waals surface area (Å²) in [4.78, 5) is 0.0804. The normalized spacial score (nSPS) is 12.2. The van der Waals surface area contributed by atoms with Crippen LogP contribution in [0, 0.1) is 0 Å². The highest BCUT2D eigenvalue weighted by molar-refractivity contribution is 7.90. The van der Waals surface area contributed by atoms with Crippen LogP contribution in [0.5, 0.6) is 5.75 Å². The molecule has 3 aromatic rings. The fourth-order valence-electron chi connectivity index (χ4n) is 2.52. The maximum absolute atomic E-state index is 13.5. The molecule has 0 aliphatic carbocycles. The number of nitrogens with zero attached hydrogens (tertiary/aromatic N) is 2. The molecule has 3 rings (SSSR count). The molecule has 0 aliphatic rings. The first-order valence-electron chi connectivity index (χ1n) is 7.72. The second-order valence-corrected chi connectivity index (χ2v) is 7.83. The van der Waals surface area contributed by atoms with Crippen LogP contribution in [0.1, 0.15) is 5.69 Å². The largest absolute Gasteiger partial charge is 0.497 e. The zero-order valence-electron chi connectivity index (χ0n) is 14.4. The number of alkyl halides is 3. The number of hydrogen-bond donors (Lipinski definition) is 0. The van der Waals surface area contributed by atoms with Gasteiger partial charge in [-0.3, -0.25) is 0 Å². The topological polar surface area (TPSA) is 61.2 Å². The Morgan fingerprint density at radius 3 is 2.07 bits per heavy atom. The number of rotatable bonds is 4. The van der Waals surface area contributed by atoms with E-state index in [4.69, 9.17) is 4.74 Å². The summed E-state index contributed by atoms with van der Waals surface area (Å²) in [7, 11) is -1.93. The Kier molecular flexibility index (Phi) is 4.73. The third kappa shape index (κ3) is 3.97. The number of methoxy groups -OCH3 is 1. The standard InChI is InChI=1S/C18H15F3N2O3S/c1-26-14-7-5-13(6-8-14)23-17(18(19,20)21)11-16(22-23)12-3-9-15(10-4-12)27(2,24)25/h3-11H,1-2H3. The van der Waals surface area contributed by atoms with E-state index in [1.54, 1.807) is 0 Å². The van der Waals surface area contributed by atoms with Gasteiger partial charge in [-0.15, -0.1) is 0 Å². The highest BCUT2D eigenvalue weighted by Gasteiger charge is 2.36. The van der Waals surface area contributed by atoms with E-state index in [-0.39, 0.29) is 16.3 Å². The van der Waals surface area contributed by atoms with Crippen molar-refractivity contribution in [2.75, 3.05) is 13.4 Å². The third-order valence-electron chi connectivity index (χ3n) is 3.90. The number of benzene rings is 2. The summed E-state index contributed by atoms with van der Waals surface area (Å²) in [6.07, 6.45) is -3.56. The Morgan fingerprint density at radius 2 is 1.59 bits per heavy atom. The van der Waals surface area contributed by atoms with Crippen LogP contribution >= 0.6 is 0 Å². The molecule has 9 heteroatoms. The molecule has 27 heavy (non-hydrogen) atoms. The Balaban J connectivity index is 2.09. The van der Waals surface area contributed by atoms with Crippen molar-refractivity contribution in [3.05, 3.63) is 60.3 Å². The maximum Gasteiger partial charge on any atom is 0.433 e. The lowest BCUT2D eigenvalue weighted by atomic mass is 10.1. The van der Waals surface area contributed by atoms with E-state index in [0.29, 0.717) is 11.3 Å². The molecule has 0 N–H and O–H groups in total. The van der Waals surface area contributed by atoms with Crippen molar-refractivity contribution in [3.63, 3.8) is 0 Å². The Morgan fingerprint density at radius 1 is 1.00 bits per heavy atom. The summed E-state index contributed by atoms with van der Waals surface area (Å²) in [5, 5.41) is 4.07. The van der Waals surface area contributed by atoms with Gasteiger partial charge in [-0.05, 0) is 42.5 Å². The number of ether oxygens (including phenoxy) is 1. The van der Waals surface area contributed by atoms with E-state index < -0.39 is 21.7 Å². The lowest BCUT2D eigenvalue weighted by Gasteiger charge is -2.10. The zero-order chi connectivity index (χ0) is 19.8. The highest BCUT2D eigenvalue weighted by Crippen LogP contribution is 2.34. The van der Waals surface area contributed by atoms with E-state index in [1.807, 2.05) is 0 Å². The monoisotopic (exact) mass is 396 g/mol. The first kappa shape index (κ1) is 19.0. The SMILES string of the molecule is COc1ccc(-n2nc(-c3ccc(S(C)(=O)=O)cc3)cc2C(F)(F)F)cc1. The number of halogens is 3. The molecule has 0 amide bonds. The fourth-order valence-corrected chi connectivity index (χ4v) is 3.15. The van der Waals surface area contributed by atoms with Crippen molar-refractivity contribution in [2.24, 2.45) is 0 Å². The lowest BCUT2D eigenvalue weighted by molar-refractivity contribution is -0.142. The molecule has 5 nitrogen and oxygen atoms in total. The van der Waals surface area contributed by atoms with Gasteiger partial charge < -0.3 is 4.74 Å². The molecule has 0 saturated heterocycles. The van der Waals surface area contributed by atoms with Crippen LogP contribution in [0.25, 0.3) is 16.9 Å². The van der Waals surface area contributed by atoms with Gasteiger partial charge >= 0.3 is 6.18 Å². The lowest BCUT2D eigenvalue weighted by Crippen LogP contribution is -2.13. The number of aromatic nitrogens is 2. The van der Waals surface area contributed by atoms with E-state index in [1.165, 1.54) is 55.6 Å². The first-order chi connectivity index (χ1) is 12.6. The Labute approximate surface area is 153 Å². The molecule has 0 atom stereocenters. The molecular weight excluding hydrogens is 381 g/mol. The van der Waals surface area contributed by atoms with E-state index in [9.17, 15) is 21.6 Å². The second kappa shape index (κ2) is 6.73. The molecule has 2 aromatic carbocycles. The Bertz CT molecular complexity index is 1050. The molecule has 0 fully saturated rings. The van der Waals surface area contributed by atoms with Crippen LogP contribution in [-0.4, -0.2) is 31.6 Å². The molecule has 1 heterocycles. The average Bonchev–Trinajstić information content (AvgIpc) is 3.07. The average molecular weight is 396 g/mol. The third-order valence-corrected chi connectivity index (χ3v) is 5.02. The van der Waals surface area contributed by atoms with Crippen LogP contribution in [0.4, 0.5) is 13.2 Å². The van der Waals surface area contributed by atoms with Gasteiger partial charge in [0, 0.05) is 11.8 Å². The smallest absolute Gasteiger partial charge is 0.433 e. The van der Waals surface area contributed by atoms with E-state index in [2.05, 4.69) is 5.10 Å². The predicted molar refractivity (Wildman–Crippen MR) is 93.7 cm³/mol. The van der Waals surface area contributed by atoms with Crippen LogP contribution < -0.4 is 4.74 Å². The minimum Gasteiger partial charge on any atom is -0.497 e. The molecule has 0 aliphatic heterocycles. The van der Waals surface area contributed by atoms with Crippen molar-refractivity contribution in [2.45, 2.75) is 11.1 Å². The van der Waals surface area contributed by atoms with Crippen molar-refractivity contribution in [3.8, 4) is 22.7 Å². The van der Waals surface area contributed by atoms with Gasteiger partial charge in [0.2, 0.25) is 0 Å². The minimum atomic E-state index is -4.61. The molecule has 0 unspecified atom stereocenters. The number of hydrogen-bond acceptors (Lipinski definition) is 4. The van der Waals surface area contributed by atoms with Gasteiger partial charge in [0.05, 0.1) is 23.4 Å². The summed E-state index contributed by atoms with van der Waals surface area (Å²) in [6, 6.07) is 12.5. The van der Waals surface area contributed by atoms with Crippen LogP contribution in [0.2, 0.25) is 0 Å². The van der Waals surface area contributed by atoms with Crippen molar-refractivity contribution < 1.29 is 26.3 Å². The van der Waals surface area contributed by atoms with Gasteiger partial charge in [-0.2, -0.15) is 18.3 Å². The summed E-state index contributed by atoms with van der Waals surface area (Å²) in [6.45, 7) is 0.